The second-order valence-corrected chi connectivity index (χ2v) is 7.18. The quantitative estimate of drug-likeness (QED) is 0.872. The highest BCUT2D eigenvalue weighted by Gasteiger charge is 2.28. The molecular weight excluding hydrogens is 352 g/mol. The van der Waals surface area contributed by atoms with Crippen LogP contribution in [0.15, 0.2) is 30.6 Å². The number of likely N-dealkylation sites (tertiary alicyclic amines) is 1. The van der Waals surface area contributed by atoms with Gasteiger partial charge in [-0.25, -0.2) is 9.97 Å². The van der Waals surface area contributed by atoms with Gasteiger partial charge >= 0.3 is 0 Å². The Morgan fingerprint density at radius 1 is 1.27 bits per heavy atom. The number of halogens is 1. The highest BCUT2D eigenvalue weighted by Crippen LogP contribution is 2.39. The number of aromatic nitrogens is 2. The molecule has 1 amide bonds. The van der Waals surface area contributed by atoms with Crippen molar-refractivity contribution in [2.75, 3.05) is 26.2 Å². The molecule has 136 valence electrons. The fourth-order valence-electron chi connectivity index (χ4n) is 3.54. The average Bonchev–Trinajstić information content (AvgIpc) is 3.29. The molecule has 1 fully saturated rings. The van der Waals surface area contributed by atoms with E-state index in [-0.39, 0.29) is 12.0 Å². The second kappa shape index (κ2) is 7.60. The largest absolute Gasteiger partial charge is 0.487 e. The fourth-order valence-corrected chi connectivity index (χ4v) is 3.78. The first kappa shape index (κ1) is 17.2. The van der Waals surface area contributed by atoms with Gasteiger partial charge in [0.15, 0.2) is 5.82 Å². The number of benzene rings is 1. The first-order chi connectivity index (χ1) is 12.7. The molecule has 1 saturated heterocycles. The molecule has 1 atom stereocenters. The number of hydrogen-bond acceptors (Lipinski definition) is 5. The molecule has 6 nitrogen and oxygen atoms in total. The molecule has 1 unspecified atom stereocenters. The van der Waals surface area contributed by atoms with E-state index in [0.29, 0.717) is 30.4 Å². The molecule has 0 saturated carbocycles. The van der Waals surface area contributed by atoms with Crippen molar-refractivity contribution < 1.29 is 9.53 Å². The van der Waals surface area contributed by atoms with Crippen molar-refractivity contribution in [3.8, 4) is 17.1 Å². The molecule has 4 rings (SSSR count). The van der Waals surface area contributed by atoms with Gasteiger partial charge in [-0.2, -0.15) is 0 Å². The van der Waals surface area contributed by atoms with E-state index in [1.807, 2.05) is 12.1 Å². The Balaban J connectivity index is 1.41. The van der Waals surface area contributed by atoms with Crippen molar-refractivity contribution in [1.29, 1.82) is 0 Å². The van der Waals surface area contributed by atoms with Gasteiger partial charge in [0.25, 0.3) is 0 Å². The molecule has 1 aromatic heterocycles. The Labute approximate surface area is 157 Å². The summed E-state index contributed by atoms with van der Waals surface area (Å²) in [6, 6.07) is 5.51. The standard InChI is InChI=1S/C19H21ClN4O2/c20-14-8-13-9-15(11-23-17(25)12-24-6-1-2-7-24)26-18(13)16(10-14)19-21-4-3-5-22-19/h3-5,8,10,15H,1-2,6-7,9,11-12H2,(H,23,25). The number of carbonyl (C=O) groups is 1. The third-order valence-electron chi connectivity index (χ3n) is 4.76. The van der Waals surface area contributed by atoms with Crippen LogP contribution < -0.4 is 10.1 Å². The maximum Gasteiger partial charge on any atom is 0.234 e. The van der Waals surface area contributed by atoms with Gasteiger partial charge in [0.05, 0.1) is 18.7 Å². The van der Waals surface area contributed by atoms with Crippen molar-refractivity contribution in [2.45, 2.75) is 25.4 Å². The molecule has 0 aliphatic carbocycles. The molecule has 2 aliphatic rings. The number of amides is 1. The number of nitrogens with zero attached hydrogens (tertiary/aromatic N) is 3. The highest BCUT2D eigenvalue weighted by atomic mass is 35.5. The van der Waals surface area contributed by atoms with Gasteiger partial charge in [0, 0.05) is 29.4 Å². The fraction of sp³-hybridized carbons (Fsp3) is 0.421. The van der Waals surface area contributed by atoms with Crippen molar-refractivity contribution in [3.05, 3.63) is 41.2 Å². The molecule has 0 radical (unpaired) electrons. The van der Waals surface area contributed by atoms with E-state index < -0.39 is 0 Å². The summed E-state index contributed by atoms with van der Waals surface area (Å²) in [5.74, 6) is 1.40. The minimum atomic E-state index is -0.103. The smallest absolute Gasteiger partial charge is 0.234 e. The van der Waals surface area contributed by atoms with E-state index in [1.54, 1.807) is 18.5 Å². The molecule has 1 N–H and O–H groups in total. The minimum Gasteiger partial charge on any atom is -0.487 e. The van der Waals surface area contributed by atoms with Crippen LogP contribution in [0.4, 0.5) is 0 Å². The number of hydrogen-bond donors (Lipinski definition) is 1. The summed E-state index contributed by atoms with van der Waals surface area (Å²) >= 11 is 6.26. The monoisotopic (exact) mass is 372 g/mol. The predicted molar refractivity (Wildman–Crippen MR) is 99.3 cm³/mol. The molecule has 0 bridgehead atoms. The van der Waals surface area contributed by atoms with Crippen molar-refractivity contribution in [2.24, 2.45) is 0 Å². The van der Waals surface area contributed by atoms with E-state index in [1.165, 1.54) is 12.8 Å². The summed E-state index contributed by atoms with van der Waals surface area (Å²) in [6.07, 6.45) is 6.35. The topological polar surface area (TPSA) is 67.4 Å². The molecular formula is C19H21ClN4O2. The predicted octanol–water partition coefficient (Wildman–Crippen LogP) is 2.31. The normalized spacial score (nSPS) is 19.2. The zero-order valence-electron chi connectivity index (χ0n) is 14.4. The van der Waals surface area contributed by atoms with Crippen LogP contribution in [-0.2, 0) is 11.2 Å². The van der Waals surface area contributed by atoms with Gasteiger partial charge in [-0.1, -0.05) is 11.6 Å². The average molecular weight is 373 g/mol. The van der Waals surface area contributed by atoms with Crippen LogP contribution in [0.3, 0.4) is 0 Å². The van der Waals surface area contributed by atoms with Crippen LogP contribution in [0.1, 0.15) is 18.4 Å². The number of ether oxygens (including phenoxy) is 1. The Kier molecular flexibility index (Phi) is 5.04. The molecule has 2 aromatic rings. The van der Waals surface area contributed by atoms with Gasteiger partial charge in [-0.3, -0.25) is 9.69 Å². The Morgan fingerprint density at radius 2 is 2.04 bits per heavy atom. The Morgan fingerprint density at radius 3 is 2.81 bits per heavy atom. The number of carbonyl (C=O) groups excluding carboxylic acids is 1. The van der Waals surface area contributed by atoms with E-state index in [0.717, 1.165) is 30.0 Å². The first-order valence-corrected chi connectivity index (χ1v) is 9.32. The number of rotatable bonds is 5. The molecule has 1 aromatic carbocycles. The van der Waals surface area contributed by atoms with Crippen molar-refractivity contribution >= 4 is 17.5 Å². The summed E-state index contributed by atoms with van der Waals surface area (Å²) in [4.78, 5) is 22.9. The Bertz CT molecular complexity index is 794. The lowest BCUT2D eigenvalue weighted by Crippen LogP contribution is -2.40. The van der Waals surface area contributed by atoms with Gasteiger partial charge in [0.1, 0.15) is 11.9 Å². The lowest BCUT2D eigenvalue weighted by molar-refractivity contribution is -0.122. The molecule has 0 spiro atoms. The lowest BCUT2D eigenvalue weighted by atomic mass is 10.1. The van der Waals surface area contributed by atoms with E-state index in [9.17, 15) is 4.79 Å². The summed E-state index contributed by atoms with van der Waals surface area (Å²) in [5, 5.41) is 3.62. The zero-order valence-corrected chi connectivity index (χ0v) is 15.2. The van der Waals surface area contributed by atoms with Gasteiger partial charge in [-0.05, 0) is 44.1 Å². The van der Waals surface area contributed by atoms with Crippen LogP contribution >= 0.6 is 11.6 Å². The third-order valence-corrected chi connectivity index (χ3v) is 4.98. The summed E-state index contributed by atoms with van der Waals surface area (Å²) in [5.41, 5.74) is 1.82. The van der Waals surface area contributed by atoms with E-state index in [4.69, 9.17) is 16.3 Å². The number of fused-ring (bicyclic) bond motifs is 1. The molecule has 26 heavy (non-hydrogen) atoms. The first-order valence-electron chi connectivity index (χ1n) is 8.94. The molecule has 2 aliphatic heterocycles. The maximum absolute atomic E-state index is 12.1. The SMILES string of the molecule is O=C(CN1CCCC1)NCC1Cc2cc(Cl)cc(-c3ncccn3)c2O1. The summed E-state index contributed by atoms with van der Waals surface area (Å²) in [7, 11) is 0. The third kappa shape index (κ3) is 3.81. The molecule has 7 heteroatoms. The van der Waals surface area contributed by atoms with Gasteiger partial charge < -0.3 is 10.1 Å². The van der Waals surface area contributed by atoms with Gasteiger partial charge in [-0.15, -0.1) is 0 Å². The van der Waals surface area contributed by atoms with Crippen LogP contribution in [0.5, 0.6) is 5.75 Å². The summed E-state index contributed by atoms with van der Waals surface area (Å²) in [6.45, 7) is 2.97. The van der Waals surface area contributed by atoms with E-state index in [2.05, 4.69) is 20.2 Å². The van der Waals surface area contributed by atoms with Crippen LogP contribution in [-0.4, -0.2) is 53.1 Å². The Hall–Kier alpha value is -2.18. The number of nitrogens with one attached hydrogen (secondary N) is 1. The van der Waals surface area contributed by atoms with Crippen LogP contribution in [0.2, 0.25) is 5.02 Å². The molecule has 3 heterocycles. The summed E-state index contributed by atoms with van der Waals surface area (Å²) < 4.78 is 6.10. The minimum absolute atomic E-state index is 0.0519. The zero-order chi connectivity index (χ0) is 17.9. The van der Waals surface area contributed by atoms with Gasteiger partial charge in [0.2, 0.25) is 5.91 Å². The highest BCUT2D eigenvalue weighted by molar-refractivity contribution is 6.31. The van der Waals surface area contributed by atoms with Crippen molar-refractivity contribution in [1.82, 2.24) is 20.2 Å². The lowest BCUT2D eigenvalue weighted by Gasteiger charge is -2.16. The van der Waals surface area contributed by atoms with E-state index >= 15 is 0 Å². The van der Waals surface area contributed by atoms with Crippen LogP contribution in [0.25, 0.3) is 11.4 Å². The second-order valence-electron chi connectivity index (χ2n) is 6.75. The van der Waals surface area contributed by atoms with Crippen molar-refractivity contribution in [3.63, 3.8) is 0 Å². The van der Waals surface area contributed by atoms with Crippen LogP contribution in [0, 0.1) is 0 Å². The maximum atomic E-state index is 12.1.